The van der Waals surface area contributed by atoms with Crippen molar-refractivity contribution in [1.82, 2.24) is 5.32 Å². The van der Waals surface area contributed by atoms with Gasteiger partial charge in [-0.3, -0.25) is 0 Å². The summed E-state index contributed by atoms with van der Waals surface area (Å²) >= 11 is 1.92. The summed E-state index contributed by atoms with van der Waals surface area (Å²) in [6.45, 7) is 5.40. The third-order valence-electron chi connectivity index (χ3n) is 4.20. The van der Waals surface area contributed by atoms with E-state index < -0.39 is 0 Å². The lowest BCUT2D eigenvalue weighted by Crippen LogP contribution is -2.33. The lowest BCUT2D eigenvalue weighted by Gasteiger charge is -2.26. The molecule has 1 aliphatic carbocycles. The Hall–Kier alpha value is -0.380. The summed E-state index contributed by atoms with van der Waals surface area (Å²) < 4.78 is 6.05. The average Bonchev–Trinajstić information content (AvgIpc) is 2.92. The first kappa shape index (κ1) is 12.6. The zero-order valence-corrected chi connectivity index (χ0v) is 12.2. The number of fused-ring (bicyclic) bond motifs is 1. The minimum absolute atomic E-state index is 0.0897. The van der Waals surface area contributed by atoms with Crippen LogP contribution in [0.3, 0.4) is 0 Å². The van der Waals surface area contributed by atoms with Gasteiger partial charge in [0.1, 0.15) is 0 Å². The van der Waals surface area contributed by atoms with Gasteiger partial charge in [0.15, 0.2) is 0 Å². The second kappa shape index (κ2) is 4.95. The van der Waals surface area contributed by atoms with Gasteiger partial charge in [-0.25, -0.2) is 0 Å². The summed E-state index contributed by atoms with van der Waals surface area (Å²) in [5.74, 6) is 0. The highest BCUT2D eigenvalue weighted by molar-refractivity contribution is 7.10. The molecule has 0 bridgehead atoms. The van der Waals surface area contributed by atoms with Gasteiger partial charge < -0.3 is 10.1 Å². The van der Waals surface area contributed by atoms with E-state index in [1.807, 2.05) is 11.3 Å². The molecule has 2 aliphatic rings. The van der Waals surface area contributed by atoms with E-state index in [0.29, 0.717) is 12.1 Å². The van der Waals surface area contributed by atoms with Crippen molar-refractivity contribution < 1.29 is 4.74 Å². The SMILES string of the molecule is CC1(C)CCC(CNC2CCCc3sccc32)O1. The first-order valence-electron chi connectivity index (χ1n) is 7.11. The van der Waals surface area contributed by atoms with Gasteiger partial charge in [-0.05, 0) is 63.0 Å². The standard InChI is InChI=1S/C15H23NOS/c1-15(2)8-6-11(17-15)10-16-13-4-3-5-14-12(13)7-9-18-14/h7,9,11,13,16H,3-6,8,10H2,1-2H3. The summed E-state index contributed by atoms with van der Waals surface area (Å²) in [6, 6.07) is 2.86. The molecule has 2 unspecified atom stereocenters. The molecular weight excluding hydrogens is 242 g/mol. The smallest absolute Gasteiger partial charge is 0.0708 e. The van der Waals surface area contributed by atoms with E-state index in [1.54, 1.807) is 10.4 Å². The number of ether oxygens (including phenoxy) is 1. The van der Waals surface area contributed by atoms with Gasteiger partial charge in [-0.15, -0.1) is 11.3 Å². The van der Waals surface area contributed by atoms with Crippen molar-refractivity contribution in [2.45, 2.75) is 63.7 Å². The van der Waals surface area contributed by atoms with E-state index in [4.69, 9.17) is 4.74 Å². The fourth-order valence-corrected chi connectivity index (χ4v) is 4.18. The third-order valence-corrected chi connectivity index (χ3v) is 5.19. The second-order valence-corrected chi connectivity index (χ2v) is 7.19. The van der Waals surface area contributed by atoms with Crippen molar-refractivity contribution in [2.24, 2.45) is 0 Å². The van der Waals surface area contributed by atoms with Gasteiger partial charge >= 0.3 is 0 Å². The normalized spacial score (nSPS) is 30.3. The van der Waals surface area contributed by atoms with Crippen molar-refractivity contribution in [3.05, 3.63) is 21.9 Å². The minimum atomic E-state index is 0.0897. The number of hydrogen-bond acceptors (Lipinski definition) is 3. The Morgan fingerprint density at radius 1 is 1.44 bits per heavy atom. The first-order chi connectivity index (χ1) is 8.64. The van der Waals surface area contributed by atoms with Crippen LogP contribution in [0.4, 0.5) is 0 Å². The number of hydrogen-bond donors (Lipinski definition) is 1. The van der Waals surface area contributed by atoms with Gasteiger partial charge in [0.05, 0.1) is 11.7 Å². The first-order valence-corrected chi connectivity index (χ1v) is 7.99. The average molecular weight is 265 g/mol. The van der Waals surface area contributed by atoms with Gasteiger partial charge in [0.2, 0.25) is 0 Å². The van der Waals surface area contributed by atoms with Gasteiger partial charge in [0, 0.05) is 17.5 Å². The Labute approximate surface area is 114 Å². The molecule has 2 heterocycles. The monoisotopic (exact) mass is 265 g/mol. The van der Waals surface area contributed by atoms with Crippen molar-refractivity contribution in [3.63, 3.8) is 0 Å². The number of aryl methyl sites for hydroxylation is 1. The van der Waals surface area contributed by atoms with Gasteiger partial charge in [-0.1, -0.05) is 0 Å². The van der Waals surface area contributed by atoms with E-state index in [0.717, 1.165) is 6.54 Å². The fraction of sp³-hybridized carbons (Fsp3) is 0.733. The number of nitrogens with one attached hydrogen (secondary N) is 1. The Bertz CT molecular complexity index is 412. The fourth-order valence-electron chi connectivity index (χ4n) is 3.19. The predicted octanol–water partition coefficient (Wildman–Crippen LogP) is 3.67. The van der Waals surface area contributed by atoms with E-state index in [1.165, 1.54) is 32.1 Å². The number of thiophene rings is 1. The molecule has 2 atom stereocenters. The van der Waals surface area contributed by atoms with Crippen molar-refractivity contribution in [1.29, 1.82) is 0 Å². The summed E-state index contributed by atoms with van der Waals surface area (Å²) in [6.07, 6.45) is 6.67. The van der Waals surface area contributed by atoms with Crippen LogP contribution >= 0.6 is 11.3 Å². The molecule has 1 aromatic rings. The Morgan fingerprint density at radius 2 is 2.33 bits per heavy atom. The van der Waals surface area contributed by atoms with Crippen LogP contribution in [0.15, 0.2) is 11.4 Å². The summed E-state index contributed by atoms with van der Waals surface area (Å²) in [7, 11) is 0. The van der Waals surface area contributed by atoms with E-state index in [2.05, 4.69) is 30.6 Å². The highest BCUT2D eigenvalue weighted by atomic mass is 32.1. The molecule has 0 aromatic carbocycles. The van der Waals surface area contributed by atoms with Crippen LogP contribution in [0, 0.1) is 0 Å². The lowest BCUT2D eigenvalue weighted by atomic mass is 9.94. The maximum absolute atomic E-state index is 6.05. The predicted molar refractivity (Wildman–Crippen MR) is 76.2 cm³/mol. The van der Waals surface area contributed by atoms with Gasteiger partial charge in [0.25, 0.3) is 0 Å². The third kappa shape index (κ3) is 2.63. The minimum Gasteiger partial charge on any atom is -0.371 e. The highest BCUT2D eigenvalue weighted by Crippen LogP contribution is 2.34. The topological polar surface area (TPSA) is 21.3 Å². The molecule has 1 N–H and O–H groups in total. The lowest BCUT2D eigenvalue weighted by molar-refractivity contribution is -0.0153. The molecule has 1 aliphatic heterocycles. The van der Waals surface area contributed by atoms with E-state index in [-0.39, 0.29) is 5.60 Å². The molecule has 18 heavy (non-hydrogen) atoms. The molecule has 1 saturated heterocycles. The maximum Gasteiger partial charge on any atom is 0.0708 e. The van der Waals surface area contributed by atoms with Crippen LogP contribution in [0.25, 0.3) is 0 Å². The second-order valence-electron chi connectivity index (χ2n) is 6.19. The summed E-state index contributed by atoms with van der Waals surface area (Å²) in [5.41, 5.74) is 1.63. The Kier molecular flexibility index (Phi) is 3.48. The zero-order valence-electron chi connectivity index (χ0n) is 11.4. The summed E-state index contributed by atoms with van der Waals surface area (Å²) in [4.78, 5) is 1.59. The van der Waals surface area contributed by atoms with E-state index in [9.17, 15) is 0 Å². The Morgan fingerprint density at radius 3 is 3.11 bits per heavy atom. The molecule has 3 rings (SSSR count). The quantitative estimate of drug-likeness (QED) is 0.900. The Balaban J connectivity index is 1.56. The molecule has 3 heteroatoms. The van der Waals surface area contributed by atoms with Crippen LogP contribution in [-0.2, 0) is 11.2 Å². The zero-order chi connectivity index (χ0) is 12.6. The maximum atomic E-state index is 6.05. The van der Waals surface area contributed by atoms with Crippen LogP contribution in [0.2, 0.25) is 0 Å². The molecule has 100 valence electrons. The van der Waals surface area contributed by atoms with Crippen molar-refractivity contribution in [3.8, 4) is 0 Å². The molecule has 1 aromatic heterocycles. The highest BCUT2D eigenvalue weighted by Gasteiger charge is 2.32. The summed E-state index contributed by atoms with van der Waals surface area (Å²) in [5, 5.41) is 5.96. The van der Waals surface area contributed by atoms with Crippen LogP contribution < -0.4 is 5.32 Å². The van der Waals surface area contributed by atoms with Crippen molar-refractivity contribution in [2.75, 3.05) is 6.54 Å². The van der Waals surface area contributed by atoms with Crippen LogP contribution in [0.1, 0.15) is 56.0 Å². The molecule has 2 nitrogen and oxygen atoms in total. The molecule has 0 amide bonds. The van der Waals surface area contributed by atoms with Gasteiger partial charge in [-0.2, -0.15) is 0 Å². The number of rotatable bonds is 3. The molecular formula is C15H23NOS. The van der Waals surface area contributed by atoms with Crippen molar-refractivity contribution >= 4 is 11.3 Å². The van der Waals surface area contributed by atoms with E-state index >= 15 is 0 Å². The van der Waals surface area contributed by atoms with Crippen LogP contribution in [0.5, 0.6) is 0 Å². The molecule has 0 saturated carbocycles. The molecule has 0 radical (unpaired) electrons. The van der Waals surface area contributed by atoms with Crippen LogP contribution in [-0.4, -0.2) is 18.2 Å². The largest absolute Gasteiger partial charge is 0.371 e. The molecule has 1 fully saturated rings. The molecule has 0 spiro atoms.